The Morgan fingerprint density at radius 2 is 1.67 bits per heavy atom. The monoisotopic (exact) mass is 374 g/mol. The number of hydrogen-bond donors (Lipinski definition) is 1. The smallest absolute Gasteiger partial charge is 0.203 e. The van der Waals surface area contributed by atoms with Crippen LogP contribution < -0.4 is 19.5 Å². The molecular weight excluding hydrogens is 347 g/mol. The minimum atomic E-state index is -0.238. The van der Waals surface area contributed by atoms with Crippen molar-refractivity contribution < 1.29 is 18.6 Å². The van der Waals surface area contributed by atoms with E-state index < -0.39 is 0 Å². The van der Waals surface area contributed by atoms with Gasteiger partial charge in [0, 0.05) is 19.6 Å². The Kier molecular flexibility index (Phi) is 6.53. The van der Waals surface area contributed by atoms with E-state index in [0.717, 1.165) is 43.7 Å². The summed E-state index contributed by atoms with van der Waals surface area (Å²) >= 11 is 0. The third-order valence-electron chi connectivity index (χ3n) is 4.91. The molecule has 0 saturated carbocycles. The van der Waals surface area contributed by atoms with Crippen molar-refractivity contribution in [1.82, 2.24) is 10.2 Å². The molecule has 2 aromatic carbocycles. The van der Waals surface area contributed by atoms with Gasteiger partial charge in [0.25, 0.3) is 0 Å². The van der Waals surface area contributed by atoms with Crippen molar-refractivity contribution in [2.45, 2.75) is 12.5 Å². The maximum Gasteiger partial charge on any atom is 0.203 e. The van der Waals surface area contributed by atoms with Crippen molar-refractivity contribution in [3.05, 3.63) is 53.3 Å². The van der Waals surface area contributed by atoms with Gasteiger partial charge in [-0.25, -0.2) is 4.39 Å². The van der Waals surface area contributed by atoms with Gasteiger partial charge in [0.2, 0.25) is 5.75 Å². The van der Waals surface area contributed by atoms with E-state index in [2.05, 4.69) is 10.2 Å². The molecule has 0 bridgehead atoms. The van der Waals surface area contributed by atoms with Gasteiger partial charge in [0.05, 0.1) is 27.4 Å². The molecule has 1 unspecified atom stereocenters. The molecule has 1 atom stereocenters. The lowest BCUT2D eigenvalue weighted by molar-refractivity contribution is 0.239. The third kappa shape index (κ3) is 4.34. The number of ether oxygens (including phenoxy) is 3. The van der Waals surface area contributed by atoms with Gasteiger partial charge in [-0.3, -0.25) is 4.90 Å². The van der Waals surface area contributed by atoms with Gasteiger partial charge in [-0.15, -0.1) is 0 Å². The normalized spacial score (nSPS) is 16.4. The predicted molar refractivity (Wildman–Crippen MR) is 103 cm³/mol. The predicted octanol–water partition coefficient (Wildman–Crippen LogP) is 3.24. The molecule has 1 heterocycles. The lowest BCUT2D eigenvalue weighted by Gasteiger charge is -2.32. The standard InChI is InChI=1S/C21H27FN2O3/c1-25-18-13-16(14-19(26-2)21(18)27-3)20(15-6-4-7-17(22)12-15)24-10-5-8-23-9-11-24/h4,6-7,12-14,20,23H,5,8-11H2,1-3H3. The quantitative estimate of drug-likeness (QED) is 0.841. The van der Waals surface area contributed by atoms with Gasteiger partial charge >= 0.3 is 0 Å². The molecule has 0 radical (unpaired) electrons. The SMILES string of the molecule is COc1cc(C(c2cccc(F)c2)N2CCCNCC2)cc(OC)c1OC. The van der Waals surface area contributed by atoms with Gasteiger partial charge < -0.3 is 19.5 Å². The second-order valence-corrected chi connectivity index (χ2v) is 6.56. The first-order chi connectivity index (χ1) is 13.2. The maximum absolute atomic E-state index is 14.0. The first-order valence-corrected chi connectivity index (χ1v) is 9.18. The van der Waals surface area contributed by atoms with Crippen LogP contribution >= 0.6 is 0 Å². The Balaban J connectivity index is 2.12. The Morgan fingerprint density at radius 1 is 0.926 bits per heavy atom. The molecule has 3 rings (SSSR count). The Morgan fingerprint density at radius 3 is 2.30 bits per heavy atom. The van der Waals surface area contributed by atoms with Crippen molar-refractivity contribution in [2.75, 3.05) is 47.5 Å². The number of methoxy groups -OCH3 is 3. The molecular formula is C21H27FN2O3. The van der Waals surface area contributed by atoms with Crippen LogP contribution in [0.4, 0.5) is 4.39 Å². The molecule has 5 nitrogen and oxygen atoms in total. The first kappa shape index (κ1) is 19.5. The van der Waals surface area contributed by atoms with Crippen molar-refractivity contribution in [1.29, 1.82) is 0 Å². The lowest BCUT2D eigenvalue weighted by atomic mass is 9.95. The summed E-state index contributed by atoms with van der Waals surface area (Å²) in [4.78, 5) is 2.37. The topological polar surface area (TPSA) is 43.0 Å². The fourth-order valence-electron chi connectivity index (χ4n) is 3.67. The van der Waals surface area contributed by atoms with Gasteiger partial charge in [-0.05, 0) is 48.4 Å². The summed E-state index contributed by atoms with van der Waals surface area (Å²) in [5.74, 6) is 1.51. The van der Waals surface area contributed by atoms with Crippen LogP contribution in [0.15, 0.2) is 36.4 Å². The Bertz CT molecular complexity index is 736. The molecule has 1 fully saturated rings. The van der Waals surface area contributed by atoms with E-state index in [1.54, 1.807) is 33.5 Å². The van der Waals surface area contributed by atoms with E-state index in [4.69, 9.17) is 14.2 Å². The van der Waals surface area contributed by atoms with Crippen molar-refractivity contribution >= 4 is 0 Å². The summed E-state index contributed by atoms with van der Waals surface area (Å²) in [7, 11) is 4.80. The number of benzene rings is 2. The molecule has 1 N–H and O–H groups in total. The molecule has 1 aliphatic heterocycles. The van der Waals surface area contributed by atoms with Crippen LogP contribution in [0.2, 0.25) is 0 Å². The summed E-state index contributed by atoms with van der Waals surface area (Å²) in [6.07, 6.45) is 1.04. The average Bonchev–Trinajstić information content (AvgIpc) is 2.96. The molecule has 1 aliphatic rings. The summed E-state index contributed by atoms with van der Waals surface area (Å²) < 4.78 is 30.5. The highest BCUT2D eigenvalue weighted by atomic mass is 19.1. The van der Waals surface area contributed by atoms with E-state index in [-0.39, 0.29) is 11.9 Å². The van der Waals surface area contributed by atoms with Crippen LogP contribution in [0.1, 0.15) is 23.6 Å². The second kappa shape index (κ2) is 9.06. The van der Waals surface area contributed by atoms with E-state index >= 15 is 0 Å². The van der Waals surface area contributed by atoms with Crippen LogP contribution in [0.5, 0.6) is 17.2 Å². The zero-order chi connectivity index (χ0) is 19.2. The van der Waals surface area contributed by atoms with Gasteiger partial charge in [0.15, 0.2) is 11.5 Å². The zero-order valence-corrected chi connectivity index (χ0v) is 16.1. The lowest BCUT2D eigenvalue weighted by Crippen LogP contribution is -2.33. The number of hydrogen-bond acceptors (Lipinski definition) is 5. The van der Waals surface area contributed by atoms with E-state index in [9.17, 15) is 4.39 Å². The molecule has 1 saturated heterocycles. The van der Waals surface area contributed by atoms with E-state index in [0.29, 0.717) is 17.2 Å². The van der Waals surface area contributed by atoms with Crippen LogP contribution in [0.25, 0.3) is 0 Å². The molecule has 0 aliphatic carbocycles. The summed E-state index contributed by atoms with van der Waals surface area (Å²) in [6.45, 7) is 3.68. The van der Waals surface area contributed by atoms with Gasteiger partial charge in [-0.1, -0.05) is 12.1 Å². The maximum atomic E-state index is 14.0. The largest absolute Gasteiger partial charge is 0.493 e. The average molecular weight is 374 g/mol. The molecule has 0 aromatic heterocycles. The molecule has 0 spiro atoms. The van der Waals surface area contributed by atoms with Crippen LogP contribution in [-0.2, 0) is 0 Å². The Labute approximate surface area is 160 Å². The summed E-state index contributed by atoms with van der Waals surface area (Å²) in [6, 6.07) is 10.6. The third-order valence-corrected chi connectivity index (χ3v) is 4.91. The highest BCUT2D eigenvalue weighted by Crippen LogP contribution is 2.42. The highest BCUT2D eigenvalue weighted by Gasteiger charge is 2.26. The Hall–Kier alpha value is -2.31. The van der Waals surface area contributed by atoms with Crippen LogP contribution in [-0.4, -0.2) is 52.4 Å². The second-order valence-electron chi connectivity index (χ2n) is 6.56. The van der Waals surface area contributed by atoms with Crippen molar-refractivity contribution in [3.63, 3.8) is 0 Å². The molecule has 0 amide bonds. The fourth-order valence-corrected chi connectivity index (χ4v) is 3.67. The van der Waals surface area contributed by atoms with Crippen LogP contribution in [0, 0.1) is 5.82 Å². The molecule has 6 heteroatoms. The fraction of sp³-hybridized carbons (Fsp3) is 0.429. The summed E-state index contributed by atoms with van der Waals surface area (Å²) in [5.41, 5.74) is 1.89. The zero-order valence-electron chi connectivity index (χ0n) is 16.1. The summed E-state index contributed by atoms with van der Waals surface area (Å²) in [5, 5.41) is 3.42. The van der Waals surface area contributed by atoms with Crippen molar-refractivity contribution in [3.8, 4) is 17.2 Å². The van der Waals surface area contributed by atoms with Gasteiger partial charge in [-0.2, -0.15) is 0 Å². The van der Waals surface area contributed by atoms with Crippen molar-refractivity contribution in [2.24, 2.45) is 0 Å². The molecule has 27 heavy (non-hydrogen) atoms. The number of rotatable bonds is 6. The van der Waals surface area contributed by atoms with Crippen LogP contribution in [0.3, 0.4) is 0 Å². The molecule has 146 valence electrons. The molecule has 2 aromatic rings. The van der Waals surface area contributed by atoms with Gasteiger partial charge in [0.1, 0.15) is 5.82 Å². The number of nitrogens with zero attached hydrogens (tertiary/aromatic N) is 1. The minimum absolute atomic E-state index is 0.102. The number of nitrogens with one attached hydrogen (secondary N) is 1. The highest BCUT2D eigenvalue weighted by molar-refractivity contribution is 5.55. The van der Waals surface area contributed by atoms with E-state index in [1.807, 2.05) is 18.2 Å². The first-order valence-electron chi connectivity index (χ1n) is 9.18. The minimum Gasteiger partial charge on any atom is -0.493 e. The van der Waals surface area contributed by atoms with E-state index in [1.165, 1.54) is 6.07 Å². The number of halogens is 1.